The first-order valence-corrected chi connectivity index (χ1v) is 9.87. The zero-order chi connectivity index (χ0) is 20.6. The predicted molar refractivity (Wildman–Crippen MR) is 112 cm³/mol. The van der Waals surface area contributed by atoms with Crippen molar-refractivity contribution in [1.29, 1.82) is 0 Å². The third-order valence-electron chi connectivity index (χ3n) is 5.43. The van der Waals surface area contributed by atoms with Crippen molar-refractivity contribution in [3.63, 3.8) is 0 Å². The number of hydrogen-bond acceptors (Lipinski definition) is 5. The molecule has 5 heteroatoms. The summed E-state index contributed by atoms with van der Waals surface area (Å²) in [5.41, 5.74) is 2.10. The lowest BCUT2D eigenvalue weighted by molar-refractivity contribution is 0.0955. The summed E-state index contributed by atoms with van der Waals surface area (Å²) in [6.45, 7) is 4.59. The van der Waals surface area contributed by atoms with Crippen molar-refractivity contribution in [2.45, 2.75) is 38.2 Å². The Morgan fingerprint density at radius 1 is 1.07 bits per heavy atom. The van der Waals surface area contributed by atoms with Crippen molar-refractivity contribution in [3.05, 3.63) is 53.1 Å². The molecule has 5 nitrogen and oxygen atoms in total. The summed E-state index contributed by atoms with van der Waals surface area (Å²) < 4.78 is 22.7. The zero-order valence-corrected chi connectivity index (χ0v) is 17.3. The number of fused-ring (bicyclic) bond motifs is 2. The van der Waals surface area contributed by atoms with Gasteiger partial charge in [-0.15, -0.1) is 0 Å². The van der Waals surface area contributed by atoms with Crippen LogP contribution in [-0.4, -0.2) is 32.2 Å². The Morgan fingerprint density at radius 2 is 1.83 bits per heavy atom. The van der Waals surface area contributed by atoms with E-state index in [9.17, 15) is 4.79 Å². The standard InChI is InChI=1S/C24H26O5/c1-24(2)10-9-15-12-16(7-8-19(15)29-24)23(25)17-6-5-11-28-20-14-22(27-4)21(26-3)13-18(17)20/h7-10,12-14,17H,5-6,11H2,1-4H3. The summed E-state index contributed by atoms with van der Waals surface area (Å²) in [7, 11) is 3.18. The maximum atomic E-state index is 13.5. The highest BCUT2D eigenvalue weighted by Gasteiger charge is 2.30. The van der Waals surface area contributed by atoms with Crippen LogP contribution in [0.25, 0.3) is 6.08 Å². The minimum Gasteiger partial charge on any atom is -0.493 e. The molecule has 1 atom stereocenters. The molecule has 0 spiro atoms. The topological polar surface area (TPSA) is 54.0 Å². The maximum absolute atomic E-state index is 13.5. The molecular formula is C24H26O5. The molecule has 0 fully saturated rings. The Bertz CT molecular complexity index is 973. The van der Waals surface area contributed by atoms with Gasteiger partial charge in [-0.2, -0.15) is 0 Å². The third-order valence-corrected chi connectivity index (χ3v) is 5.43. The summed E-state index contributed by atoms with van der Waals surface area (Å²) in [4.78, 5) is 13.5. The van der Waals surface area contributed by atoms with E-state index < -0.39 is 0 Å². The molecule has 152 valence electrons. The second-order valence-electron chi connectivity index (χ2n) is 7.94. The molecular weight excluding hydrogens is 368 g/mol. The van der Waals surface area contributed by atoms with Crippen molar-refractivity contribution in [2.24, 2.45) is 0 Å². The third kappa shape index (κ3) is 3.69. The summed E-state index contributed by atoms with van der Waals surface area (Å²) in [5.74, 6) is 2.45. The molecule has 29 heavy (non-hydrogen) atoms. The monoisotopic (exact) mass is 394 g/mol. The molecule has 0 N–H and O–H groups in total. The average Bonchev–Trinajstić information content (AvgIpc) is 2.93. The van der Waals surface area contributed by atoms with Gasteiger partial charge in [0, 0.05) is 22.8 Å². The van der Waals surface area contributed by atoms with Crippen LogP contribution in [0, 0.1) is 0 Å². The summed E-state index contributed by atoms with van der Waals surface area (Å²) >= 11 is 0. The molecule has 0 radical (unpaired) electrons. The molecule has 0 saturated heterocycles. The highest BCUT2D eigenvalue weighted by molar-refractivity contribution is 6.02. The Labute approximate surface area is 171 Å². The van der Waals surface area contributed by atoms with Crippen LogP contribution in [0.15, 0.2) is 36.4 Å². The first-order valence-electron chi connectivity index (χ1n) is 9.87. The minimum absolute atomic E-state index is 0.0741. The fraction of sp³-hybridized carbons (Fsp3) is 0.375. The average molecular weight is 394 g/mol. The first-order chi connectivity index (χ1) is 13.9. The predicted octanol–water partition coefficient (Wildman–Crippen LogP) is 5.03. The van der Waals surface area contributed by atoms with E-state index in [1.54, 1.807) is 14.2 Å². The Morgan fingerprint density at radius 3 is 2.59 bits per heavy atom. The summed E-state index contributed by atoms with van der Waals surface area (Å²) in [6, 6.07) is 9.33. The van der Waals surface area contributed by atoms with Crippen LogP contribution in [-0.2, 0) is 0 Å². The normalized spacial score (nSPS) is 19.1. The number of methoxy groups -OCH3 is 2. The van der Waals surface area contributed by atoms with Crippen LogP contribution in [0.5, 0.6) is 23.0 Å². The van der Waals surface area contributed by atoms with E-state index >= 15 is 0 Å². The van der Waals surface area contributed by atoms with Crippen LogP contribution >= 0.6 is 0 Å². The zero-order valence-electron chi connectivity index (χ0n) is 17.3. The van der Waals surface area contributed by atoms with Gasteiger partial charge in [0.05, 0.1) is 26.7 Å². The second kappa shape index (κ2) is 7.47. The fourth-order valence-corrected chi connectivity index (χ4v) is 3.90. The molecule has 0 amide bonds. The molecule has 0 bridgehead atoms. The molecule has 2 aromatic carbocycles. The Balaban J connectivity index is 1.71. The van der Waals surface area contributed by atoms with Crippen LogP contribution in [0.4, 0.5) is 0 Å². The molecule has 2 aromatic rings. The first kappa shape index (κ1) is 19.4. The number of benzene rings is 2. The number of carbonyl (C=O) groups excluding carboxylic acids is 1. The van der Waals surface area contributed by atoms with Crippen LogP contribution < -0.4 is 18.9 Å². The molecule has 0 saturated carbocycles. The van der Waals surface area contributed by atoms with Gasteiger partial charge in [-0.05, 0) is 57.0 Å². The van der Waals surface area contributed by atoms with E-state index in [2.05, 4.69) is 0 Å². The number of hydrogen-bond donors (Lipinski definition) is 0. The van der Waals surface area contributed by atoms with E-state index in [0.29, 0.717) is 29.4 Å². The number of ketones is 1. The van der Waals surface area contributed by atoms with Gasteiger partial charge < -0.3 is 18.9 Å². The number of rotatable bonds is 4. The highest BCUT2D eigenvalue weighted by Crippen LogP contribution is 2.42. The van der Waals surface area contributed by atoms with E-state index in [4.69, 9.17) is 18.9 Å². The van der Waals surface area contributed by atoms with Crippen LogP contribution in [0.3, 0.4) is 0 Å². The van der Waals surface area contributed by atoms with Gasteiger partial charge in [-0.25, -0.2) is 0 Å². The number of ether oxygens (including phenoxy) is 4. The smallest absolute Gasteiger partial charge is 0.170 e. The van der Waals surface area contributed by atoms with Crippen LogP contribution in [0.1, 0.15) is 54.1 Å². The summed E-state index contributed by atoms with van der Waals surface area (Å²) in [6.07, 6.45) is 5.55. The van der Waals surface area contributed by atoms with Gasteiger partial charge in [0.25, 0.3) is 0 Å². The quantitative estimate of drug-likeness (QED) is 0.681. The van der Waals surface area contributed by atoms with E-state index in [1.165, 1.54) is 0 Å². The van der Waals surface area contributed by atoms with Gasteiger partial charge in [-0.1, -0.05) is 6.08 Å². The van der Waals surface area contributed by atoms with Crippen molar-refractivity contribution >= 4 is 11.9 Å². The van der Waals surface area contributed by atoms with Gasteiger partial charge in [-0.3, -0.25) is 4.79 Å². The van der Waals surface area contributed by atoms with Gasteiger partial charge >= 0.3 is 0 Å². The van der Waals surface area contributed by atoms with Crippen molar-refractivity contribution < 1.29 is 23.7 Å². The molecule has 2 heterocycles. The van der Waals surface area contributed by atoms with Gasteiger partial charge in [0.1, 0.15) is 17.1 Å². The highest BCUT2D eigenvalue weighted by atomic mass is 16.5. The molecule has 4 rings (SSSR count). The lowest BCUT2D eigenvalue weighted by atomic mass is 9.86. The van der Waals surface area contributed by atoms with E-state index in [1.807, 2.05) is 56.3 Å². The second-order valence-corrected chi connectivity index (χ2v) is 7.94. The summed E-state index contributed by atoms with van der Waals surface area (Å²) in [5, 5.41) is 0. The maximum Gasteiger partial charge on any atom is 0.170 e. The number of Topliss-reactive ketones (excluding diaryl/α,β-unsaturated/α-hetero) is 1. The number of carbonyl (C=O) groups is 1. The SMILES string of the molecule is COc1cc2c(cc1OC)C(C(=O)c1ccc3c(c1)C=CC(C)(C)O3)CCCO2. The molecule has 2 aliphatic rings. The van der Waals surface area contributed by atoms with Gasteiger partial charge in [0.2, 0.25) is 0 Å². The van der Waals surface area contributed by atoms with Gasteiger partial charge in [0.15, 0.2) is 17.3 Å². The Hall–Kier alpha value is -2.95. The minimum atomic E-state index is -0.342. The lowest BCUT2D eigenvalue weighted by Crippen LogP contribution is -2.27. The van der Waals surface area contributed by atoms with Crippen LogP contribution in [0.2, 0.25) is 0 Å². The molecule has 2 aliphatic heterocycles. The molecule has 1 unspecified atom stereocenters. The molecule has 0 aliphatic carbocycles. The Kier molecular flexibility index (Phi) is 4.99. The van der Waals surface area contributed by atoms with Crippen molar-refractivity contribution in [3.8, 4) is 23.0 Å². The molecule has 0 aromatic heterocycles. The van der Waals surface area contributed by atoms with E-state index in [-0.39, 0.29) is 17.3 Å². The van der Waals surface area contributed by atoms with Crippen molar-refractivity contribution in [2.75, 3.05) is 20.8 Å². The van der Waals surface area contributed by atoms with E-state index in [0.717, 1.165) is 29.7 Å². The van der Waals surface area contributed by atoms with Crippen molar-refractivity contribution in [1.82, 2.24) is 0 Å². The fourth-order valence-electron chi connectivity index (χ4n) is 3.90. The largest absolute Gasteiger partial charge is 0.493 e. The lowest BCUT2D eigenvalue weighted by Gasteiger charge is -2.28.